The van der Waals surface area contributed by atoms with Gasteiger partial charge in [0.15, 0.2) is 0 Å². The summed E-state index contributed by atoms with van der Waals surface area (Å²) in [5.74, 6) is 0. The van der Waals surface area contributed by atoms with E-state index in [1.807, 2.05) is 42.1 Å². The summed E-state index contributed by atoms with van der Waals surface area (Å²) >= 11 is 0. The first kappa shape index (κ1) is 14.5. The Morgan fingerprint density at radius 1 is 1.00 bits per heavy atom. The third-order valence-electron chi connectivity index (χ3n) is 4.21. The Bertz CT molecular complexity index is 979. The molecule has 0 aliphatic carbocycles. The van der Waals surface area contributed by atoms with Gasteiger partial charge in [0, 0.05) is 38.1 Å². The number of imidazole rings is 1. The molecule has 0 bridgehead atoms. The number of hydrogen-bond acceptors (Lipinski definition) is 3. The first-order chi connectivity index (χ1) is 11.7. The van der Waals surface area contributed by atoms with Crippen molar-refractivity contribution in [1.82, 2.24) is 19.3 Å². The van der Waals surface area contributed by atoms with Crippen molar-refractivity contribution in [3.05, 3.63) is 66.7 Å². The number of aryl methyl sites for hydroxylation is 2. The maximum Gasteiger partial charge on any atom is 0.0955 e. The van der Waals surface area contributed by atoms with E-state index >= 15 is 0 Å². The van der Waals surface area contributed by atoms with Gasteiger partial charge in [-0.1, -0.05) is 24.3 Å². The smallest absolute Gasteiger partial charge is 0.0955 e. The van der Waals surface area contributed by atoms with Gasteiger partial charge in [0.05, 0.1) is 23.6 Å². The zero-order valence-electron chi connectivity index (χ0n) is 13.8. The molecule has 120 valence electrons. The summed E-state index contributed by atoms with van der Waals surface area (Å²) in [6.07, 6.45) is 5.75. The van der Waals surface area contributed by atoms with Gasteiger partial charge in [-0.25, -0.2) is 4.98 Å². The van der Waals surface area contributed by atoms with Crippen molar-refractivity contribution in [3.63, 3.8) is 0 Å². The van der Waals surface area contributed by atoms with Gasteiger partial charge in [0.1, 0.15) is 0 Å². The fraction of sp³-hybridized carbons (Fsp3) is 0.158. The number of nitrogens with one attached hydrogen (secondary N) is 1. The van der Waals surface area contributed by atoms with Crippen LogP contribution in [0.1, 0.15) is 5.56 Å². The summed E-state index contributed by atoms with van der Waals surface area (Å²) in [5, 5.41) is 7.67. The van der Waals surface area contributed by atoms with Crippen molar-refractivity contribution in [2.45, 2.75) is 6.54 Å². The molecule has 24 heavy (non-hydrogen) atoms. The van der Waals surface area contributed by atoms with E-state index in [0.29, 0.717) is 0 Å². The molecule has 0 unspecified atom stereocenters. The number of aromatic nitrogens is 4. The first-order valence-electron chi connectivity index (χ1n) is 7.92. The van der Waals surface area contributed by atoms with Crippen LogP contribution in [-0.4, -0.2) is 19.3 Å². The second-order valence-electron chi connectivity index (χ2n) is 6.01. The van der Waals surface area contributed by atoms with Crippen molar-refractivity contribution in [2.75, 3.05) is 5.32 Å². The van der Waals surface area contributed by atoms with Crippen LogP contribution in [0.2, 0.25) is 0 Å². The SMILES string of the molecule is Cn1cc(-c2ccc(CNc3ccc4c(c3)ncn4C)cc2)cn1. The lowest BCUT2D eigenvalue weighted by Gasteiger charge is -2.07. The predicted octanol–water partition coefficient (Wildman–Crippen LogP) is 3.59. The molecule has 4 rings (SSSR count). The number of fused-ring (bicyclic) bond motifs is 1. The number of anilines is 1. The average molecular weight is 317 g/mol. The maximum atomic E-state index is 4.40. The number of rotatable bonds is 4. The van der Waals surface area contributed by atoms with Gasteiger partial charge >= 0.3 is 0 Å². The van der Waals surface area contributed by atoms with Crippen LogP contribution in [-0.2, 0) is 20.6 Å². The predicted molar refractivity (Wildman–Crippen MR) is 96.7 cm³/mol. The van der Waals surface area contributed by atoms with Gasteiger partial charge < -0.3 is 9.88 Å². The molecule has 0 amide bonds. The van der Waals surface area contributed by atoms with Crippen LogP contribution in [0, 0.1) is 0 Å². The lowest BCUT2D eigenvalue weighted by atomic mass is 10.1. The van der Waals surface area contributed by atoms with E-state index < -0.39 is 0 Å². The third-order valence-corrected chi connectivity index (χ3v) is 4.21. The van der Waals surface area contributed by atoms with Gasteiger partial charge in [-0.2, -0.15) is 5.10 Å². The highest BCUT2D eigenvalue weighted by Crippen LogP contribution is 2.20. The summed E-state index contributed by atoms with van der Waals surface area (Å²) in [7, 11) is 3.94. The lowest BCUT2D eigenvalue weighted by Crippen LogP contribution is -1.99. The van der Waals surface area contributed by atoms with Crippen molar-refractivity contribution in [2.24, 2.45) is 14.1 Å². The Labute approximate surface area is 140 Å². The Morgan fingerprint density at radius 2 is 1.83 bits per heavy atom. The maximum absolute atomic E-state index is 4.40. The van der Waals surface area contributed by atoms with E-state index in [9.17, 15) is 0 Å². The van der Waals surface area contributed by atoms with E-state index in [2.05, 4.69) is 57.9 Å². The summed E-state index contributed by atoms with van der Waals surface area (Å²) < 4.78 is 3.84. The van der Waals surface area contributed by atoms with Crippen LogP contribution in [0.4, 0.5) is 5.69 Å². The topological polar surface area (TPSA) is 47.7 Å². The highest BCUT2D eigenvalue weighted by molar-refractivity contribution is 5.79. The molecule has 5 nitrogen and oxygen atoms in total. The van der Waals surface area contributed by atoms with E-state index in [4.69, 9.17) is 0 Å². The Hall–Kier alpha value is -3.08. The van der Waals surface area contributed by atoms with Crippen LogP contribution < -0.4 is 5.32 Å². The van der Waals surface area contributed by atoms with Gasteiger partial charge in [0.2, 0.25) is 0 Å². The molecule has 0 aliphatic rings. The fourth-order valence-electron chi connectivity index (χ4n) is 2.84. The van der Waals surface area contributed by atoms with Crippen molar-refractivity contribution in [1.29, 1.82) is 0 Å². The zero-order chi connectivity index (χ0) is 16.5. The molecule has 0 atom stereocenters. The molecule has 0 saturated carbocycles. The van der Waals surface area contributed by atoms with Crippen molar-refractivity contribution < 1.29 is 0 Å². The van der Waals surface area contributed by atoms with E-state index in [-0.39, 0.29) is 0 Å². The van der Waals surface area contributed by atoms with Crippen molar-refractivity contribution in [3.8, 4) is 11.1 Å². The summed E-state index contributed by atoms with van der Waals surface area (Å²) in [6.45, 7) is 0.783. The third kappa shape index (κ3) is 2.76. The Morgan fingerprint density at radius 3 is 2.58 bits per heavy atom. The second-order valence-corrected chi connectivity index (χ2v) is 6.01. The highest BCUT2D eigenvalue weighted by atomic mass is 15.2. The molecule has 4 aromatic rings. The molecule has 2 heterocycles. The molecular formula is C19H19N5. The highest BCUT2D eigenvalue weighted by Gasteiger charge is 2.03. The molecule has 0 saturated heterocycles. The number of benzene rings is 2. The summed E-state index contributed by atoms with van der Waals surface area (Å²) in [6, 6.07) is 14.8. The number of hydrogen-bond donors (Lipinski definition) is 1. The molecule has 0 fully saturated rings. The molecule has 0 spiro atoms. The molecule has 5 heteroatoms. The van der Waals surface area contributed by atoms with Crippen LogP contribution in [0.25, 0.3) is 22.2 Å². The minimum absolute atomic E-state index is 0.783. The molecular weight excluding hydrogens is 298 g/mol. The summed E-state index contributed by atoms with van der Waals surface area (Å²) in [5.41, 5.74) is 6.79. The van der Waals surface area contributed by atoms with Gasteiger partial charge in [0.25, 0.3) is 0 Å². The largest absolute Gasteiger partial charge is 0.381 e. The van der Waals surface area contributed by atoms with Crippen LogP contribution in [0.3, 0.4) is 0 Å². The standard InChI is InChI=1S/C19H19N5/c1-23-13-21-18-9-17(7-8-19(18)23)20-10-14-3-5-15(6-4-14)16-11-22-24(2)12-16/h3-9,11-13,20H,10H2,1-2H3. The fourth-order valence-corrected chi connectivity index (χ4v) is 2.84. The van der Waals surface area contributed by atoms with Gasteiger partial charge in [-0.15, -0.1) is 0 Å². The van der Waals surface area contributed by atoms with Crippen molar-refractivity contribution >= 4 is 16.7 Å². The van der Waals surface area contributed by atoms with Gasteiger partial charge in [-0.3, -0.25) is 4.68 Å². The van der Waals surface area contributed by atoms with Gasteiger partial charge in [-0.05, 0) is 29.3 Å². The van der Waals surface area contributed by atoms with Crippen LogP contribution >= 0.6 is 0 Å². The average Bonchev–Trinajstić information content (AvgIpc) is 3.20. The second kappa shape index (κ2) is 5.85. The van der Waals surface area contributed by atoms with Crippen LogP contribution in [0.15, 0.2) is 61.2 Å². The number of nitrogens with zero attached hydrogens (tertiary/aromatic N) is 4. The molecule has 1 N–H and O–H groups in total. The molecule has 2 aromatic heterocycles. The lowest BCUT2D eigenvalue weighted by molar-refractivity contribution is 0.768. The monoisotopic (exact) mass is 317 g/mol. The van der Waals surface area contributed by atoms with E-state index in [1.54, 1.807) is 0 Å². The quantitative estimate of drug-likeness (QED) is 0.626. The molecule has 2 aromatic carbocycles. The minimum atomic E-state index is 0.783. The molecule has 0 aliphatic heterocycles. The minimum Gasteiger partial charge on any atom is -0.381 e. The Balaban J connectivity index is 1.46. The Kier molecular flexibility index (Phi) is 3.54. The zero-order valence-corrected chi connectivity index (χ0v) is 13.8. The first-order valence-corrected chi connectivity index (χ1v) is 7.92. The summed E-state index contributed by atoms with van der Waals surface area (Å²) in [4.78, 5) is 4.40. The van der Waals surface area contributed by atoms with E-state index in [0.717, 1.165) is 28.8 Å². The molecule has 0 radical (unpaired) electrons. The van der Waals surface area contributed by atoms with E-state index in [1.165, 1.54) is 11.1 Å². The van der Waals surface area contributed by atoms with Crippen LogP contribution in [0.5, 0.6) is 0 Å². The normalized spacial score (nSPS) is 11.1.